The number of nitrogens with zero attached hydrogens (tertiary/aromatic N) is 3. The number of allylic oxidation sites excluding steroid dienone is 4. The first-order valence-corrected chi connectivity index (χ1v) is 15.0. The van der Waals surface area contributed by atoms with E-state index in [0.29, 0.717) is 12.3 Å². The third-order valence-electron chi connectivity index (χ3n) is 8.80. The molecule has 3 saturated carbocycles. The molecule has 0 saturated heterocycles. The lowest BCUT2D eigenvalue weighted by atomic mass is 9.79. The van der Waals surface area contributed by atoms with E-state index in [1.54, 1.807) is 6.08 Å². The number of rotatable bonds is 7. The molecule has 0 amide bonds. The molecule has 3 aliphatic carbocycles. The second-order valence-electron chi connectivity index (χ2n) is 11.5. The molecule has 3 aliphatic rings. The standard InChI is InChI=1S/C11H19N.2C11H17N/c3*1-10(6-5-9-12)11-7-3-2-4-8-11/h10-11H,2-8H2,1H3;6,11H,2-5,7-8H2,1H3;5-6,10-11H,2-4,7-8H2,1H3. The summed E-state index contributed by atoms with van der Waals surface area (Å²) in [4.78, 5) is 0. The van der Waals surface area contributed by atoms with Crippen molar-refractivity contribution in [1.82, 2.24) is 0 Å². The van der Waals surface area contributed by atoms with Crippen molar-refractivity contribution in [1.29, 1.82) is 15.8 Å². The van der Waals surface area contributed by atoms with Crippen LogP contribution in [0.5, 0.6) is 0 Å². The minimum Gasteiger partial charge on any atom is -0.198 e. The summed E-state index contributed by atoms with van der Waals surface area (Å²) in [6.45, 7) is 6.71. The third-order valence-corrected chi connectivity index (χ3v) is 8.80. The molecule has 200 valence electrons. The maximum atomic E-state index is 8.46. The van der Waals surface area contributed by atoms with E-state index in [1.807, 2.05) is 0 Å². The molecule has 3 fully saturated rings. The fourth-order valence-electron chi connectivity index (χ4n) is 6.17. The minimum atomic E-state index is 0.586. The fraction of sp³-hybridized carbons (Fsp3) is 0.788. The molecule has 3 nitrogen and oxygen atoms in total. The number of hydrogen-bond donors (Lipinski definition) is 0. The molecule has 0 heterocycles. The van der Waals surface area contributed by atoms with Crippen molar-refractivity contribution < 1.29 is 0 Å². The van der Waals surface area contributed by atoms with E-state index in [-0.39, 0.29) is 0 Å². The van der Waals surface area contributed by atoms with Gasteiger partial charge >= 0.3 is 0 Å². The highest BCUT2D eigenvalue weighted by molar-refractivity contribution is 5.07. The predicted octanol–water partition coefficient (Wildman–Crippen LogP) is 10.2. The molecule has 0 aromatic heterocycles. The van der Waals surface area contributed by atoms with Gasteiger partial charge in [-0.1, -0.05) is 102 Å². The van der Waals surface area contributed by atoms with Gasteiger partial charge in [-0.3, -0.25) is 0 Å². The largest absolute Gasteiger partial charge is 0.198 e. The van der Waals surface area contributed by atoms with E-state index < -0.39 is 0 Å². The average molecular weight is 492 g/mol. The maximum absolute atomic E-state index is 8.46. The predicted molar refractivity (Wildman–Crippen MR) is 152 cm³/mol. The Hall–Kier alpha value is -2.05. The Morgan fingerprint density at radius 1 is 0.750 bits per heavy atom. The van der Waals surface area contributed by atoms with Crippen molar-refractivity contribution in [3.63, 3.8) is 0 Å². The number of hydrogen-bond acceptors (Lipinski definition) is 3. The first-order chi connectivity index (χ1) is 17.5. The first kappa shape index (κ1) is 32.0. The molecule has 0 bridgehead atoms. The van der Waals surface area contributed by atoms with Gasteiger partial charge in [0.05, 0.1) is 24.6 Å². The van der Waals surface area contributed by atoms with Gasteiger partial charge in [-0.2, -0.15) is 15.8 Å². The van der Waals surface area contributed by atoms with Gasteiger partial charge in [-0.15, -0.1) is 0 Å². The highest BCUT2D eigenvalue weighted by atomic mass is 14.3. The zero-order valence-corrected chi connectivity index (χ0v) is 23.7. The molecule has 0 spiro atoms. The molecule has 36 heavy (non-hydrogen) atoms. The summed E-state index contributed by atoms with van der Waals surface area (Å²) in [5.74, 6) is 3.93. The van der Waals surface area contributed by atoms with E-state index in [0.717, 1.165) is 36.5 Å². The Kier molecular flexibility index (Phi) is 18.7. The molecule has 2 atom stereocenters. The first-order valence-electron chi connectivity index (χ1n) is 15.0. The van der Waals surface area contributed by atoms with Crippen LogP contribution in [-0.2, 0) is 0 Å². The van der Waals surface area contributed by atoms with Crippen LogP contribution in [0.15, 0.2) is 23.8 Å². The zero-order valence-electron chi connectivity index (χ0n) is 23.7. The molecule has 0 aliphatic heterocycles. The maximum Gasteiger partial charge on any atom is 0.0908 e. The monoisotopic (exact) mass is 491 g/mol. The highest BCUT2D eigenvalue weighted by Gasteiger charge is 2.19. The van der Waals surface area contributed by atoms with Crippen LogP contribution < -0.4 is 0 Å². The van der Waals surface area contributed by atoms with E-state index in [9.17, 15) is 0 Å². The average Bonchev–Trinajstić information content (AvgIpc) is 2.95. The Morgan fingerprint density at radius 3 is 1.78 bits per heavy atom. The molecule has 0 aromatic carbocycles. The molecule has 3 rings (SSSR count). The van der Waals surface area contributed by atoms with Gasteiger partial charge in [0.15, 0.2) is 0 Å². The lowest BCUT2D eigenvalue weighted by Crippen LogP contribution is -2.14. The highest BCUT2D eigenvalue weighted by Crippen LogP contribution is 2.32. The lowest BCUT2D eigenvalue weighted by molar-refractivity contribution is 0.254. The van der Waals surface area contributed by atoms with Gasteiger partial charge in [-0.25, -0.2) is 0 Å². The molecule has 0 aromatic rings. The van der Waals surface area contributed by atoms with E-state index >= 15 is 0 Å². The fourth-order valence-corrected chi connectivity index (χ4v) is 6.17. The molecular weight excluding hydrogens is 438 g/mol. The molecule has 0 N–H and O–H groups in total. The Morgan fingerprint density at radius 2 is 1.28 bits per heavy atom. The summed E-state index contributed by atoms with van der Waals surface area (Å²) in [5.41, 5.74) is 1.44. The van der Waals surface area contributed by atoms with Crippen LogP contribution >= 0.6 is 0 Å². The molecule has 3 heteroatoms. The van der Waals surface area contributed by atoms with E-state index in [4.69, 9.17) is 15.8 Å². The van der Waals surface area contributed by atoms with E-state index in [1.165, 1.54) is 102 Å². The van der Waals surface area contributed by atoms with Gasteiger partial charge in [-0.05, 0) is 68.6 Å². The van der Waals surface area contributed by atoms with Crippen molar-refractivity contribution in [2.75, 3.05) is 0 Å². The van der Waals surface area contributed by atoms with Crippen LogP contribution in [0, 0.1) is 63.6 Å². The molecule has 0 radical (unpaired) electrons. The van der Waals surface area contributed by atoms with Gasteiger partial charge in [0.2, 0.25) is 0 Å². The summed E-state index contributed by atoms with van der Waals surface area (Å²) in [6, 6.07) is 6.46. The number of nitriles is 3. The van der Waals surface area contributed by atoms with Crippen LogP contribution in [0.4, 0.5) is 0 Å². The van der Waals surface area contributed by atoms with Gasteiger partial charge in [0.25, 0.3) is 0 Å². The summed E-state index contributed by atoms with van der Waals surface area (Å²) in [5, 5.41) is 25.3. The van der Waals surface area contributed by atoms with Crippen LogP contribution in [0.3, 0.4) is 0 Å². The Labute approximate surface area is 223 Å². The normalized spacial score (nSPS) is 21.5. The van der Waals surface area contributed by atoms with Crippen molar-refractivity contribution in [3.05, 3.63) is 23.8 Å². The summed E-state index contributed by atoms with van der Waals surface area (Å²) in [7, 11) is 0. The lowest BCUT2D eigenvalue weighted by Gasteiger charge is -2.26. The summed E-state index contributed by atoms with van der Waals surface area (Å²) in [6.07, 6.45) is 29.0. The van der Waals surface area contributed by atoms with Gasteiger partial charge < -0.3 is 0 Å². The quantitative estimate of drug-likeness (QED) is 0.262. The summed E-state index contributed by atoms with van der Waals surface area (Å²) >= 11 is 0. The summed E-state index contributed by atoms with van der Waals surface area (Å²) < 4.78 is 0. The SMILES string of the molecule is CC(=CCC#N)C1CCCCC1.CC(C=CC#N)C1CCCCC1.CC(CCC#N)C1CCCCC1. The second kappa shape index (κ2) is 21.1. The van der Waals surface area contributed by atoms with Crippen LogP contribution in [0.25, 0.3) is 0 Å². The molecular formula is C33H53N3. The smallest absolute Gasteiger partial charge is 0.0908 e. The minimum absolute atomic E-state index is 0.586. The topological polar surface area (TPSA) is 71.4 Å². The van der Waals surface area contributed by atoms with E-state index in [2.05, 4.69) is 51.1 Å². The van der Waals surface area contributed by atoms with Crippen LogP contribution in [0.2, 0.25) is 0 Å². The van der Waals surface area contributed by atoms with Crippen molar-refractivity contribution in [2.24, 2.45) is 29.6 Å². The molecule has 2 unspecified atom stereocenters. The second-order valence-corrected chi connectivity index (χ2v) is 11.5. The zero-order chi connectivity index (χ0) is 26.4. The van der Waals surface area contributed by atoms with Crippen molar-refractivity contribution in [3.8, 4) is 18.2 Å². The Balaban J connectivity index is 0.000000270. The third kappa shape index (κ3) is 14.5. The van der Waals surface area contributed by atoms with Crippen LogP contribution in [-0.4, -0.2) is 0 Å². The van der Waals surface area contributed by atoms with Crippen molar-refractivity contribution in [2.45, 2.75) is 136 Å². The van der Waals surface area contributed by atoms with Gasteiger partial charge in [0, 0.05) is 12.5 Å². The Bertz CT molecular complexity index is 726. The van der Waals surface area contributed by atoms with Crippen molar-refractivity contribution >= 4 is 0 Å². The van der Waals surface area contributed by atoms with Crippen LogP contribution in [0.1, 0.15) is 136 Å². The van der Waals surface area contributed by atoms with Gasteiger partial charge in [0.1, 0.15) is 0 Å².